The van der Waals surface area contributed by atoms with E-state index in [4.69, 9.17) is 0 Å². The highest BCUT2D eigenvalue weighted by Gasteiger charge is 2.37. The van der Waals surface area contributed by atoms with Crippen LogP contribution >= 0.6 is 0 Å². The van der Waals surface area contributed by atoms with Crippen LogP contribution in [-0.2, 0) is 6.54 Å². The Morgan fingerprint density at radius 3 is 2.33 bits per heavy atom. The van der Waals surface area contributed by atoms with Gasteiger partial charge in [-0.2, -0.15) is 5.10 Å². The molecule has 0 aliphatic heterocycles. The van der Waals surface area contributed by atoms with Crippen LogP contribution in [0.3, 0.4) is 0 Å². The van der Waals surface area contributed by atoms with Crippen molar-refractivity contribution in [3.05, 3.63) is 17.5 Å². The van der Waals surface area contributed by atoms with Crippen LogP contribution in [0.5, 0.6) is 0 Å². The Morgan fingerprint density at radius 2 is 1.81 bits per heavy atom. The van der Waals surface area contributed by atoms with Gasteiger partial charge in [0, 0.05) is 18.3 Å². The molecule has 0 aromatic carbocycles. The summed E-state index contributed by atoms with van der Waals surface area (Å²) in [4.78, 5) is 0. The summed E-state index contributed by atoms with van der Waals surface area (Å²) in [7, 11) is 0. The van der Waals surface area contributed by atoms with Crippen LogP contribution in [0, 0.1) is 24.7 Å². The SMILES string of the molecule is Cc1cc(C)n(CCCNC2CC(C)(C)CC(C)(C)C2)n1. The van der Waals surface area contributed by atoms with Crippen molar-refractivity contribution in [1.29, 1.82) is 0 Å². The third-order valence-corrected chi connectivity index (χ3v) is 4.64. The van der Waals surface area contributed by atoms with E-state index in [-0.39, 0.29) is 0 Å². The van der Waals surface area contributed by atoms with Crippen molar-refractivity contribution in [2.24, 2.45) is 10.8 Å². The quantitative estimate of drug-likeness (QED) is 0.828. The molecule has 0 unspecified atom stereocenters. The molecule has 1 N–H and O–H groups in total. The number of rotatable bonds is 5. The van der Waals surface area contributed by atoms with Gasteiger partial charge in [0.05, 0.1) is 5.69 Å². The second kappa shape index (κ2) is 6.12. The first kappa shape index (κ1) is 16.5. The van der Waals surface area contributed by atoms with Gasteiger partial charge in [-0.3, -0.25) is 4.68 Å². The molecular formula is C18H33N3. The first-order valence-corrected chi connectivity index (χ1v) is 8.41. The number of hydrogen-bond donors (Lipinski definition) is 1. The van der Waals surface area contributed by atoms with Crippen LogP contribution in [0.25, 0.3) is 0 Å². The maximum absolute atomic E-state index is 4.53. The lowest BCUT2D eigenvalue weighted by Crippen LogP contribution is -2.44. The minimum atomic E-state index is 0.467. The first-order chi connectivity index (χ1) is 9.67. The van der Waals surface area contributed by atoms with Gasteiger partial charge >= 0.3 is 0 Å². The highest BCUT2D eigenvalue weighted by Crippen LogP contribution is 2.45. The standard InChI is InChI=1S/C18H33N3/c1-14-10-15(2)21(20-14)9-7-8-19-16-11-17(3,4)13-18(5,6)12-16/h10,16,19H,7-9,11-13H2,1-6H3. The molecule has 0 amide bonds. The number of nitrogens with zero attached hydrogens (tertiary/aromatic N) is 2. The van der Waals surface area contributed by atoms with Gasteiger partial charge < -0.3 is 5.32 Å². The number of aromatic nitrogens is 2. The number of aryl methyl sites for hydroxylation is 3. The highest BCUT2D eigenvalue weighted by molar-refractivity contribution is 5.06. The average Bonchev–Trinajstić information content (AvgIpc) is 2.59. The minimum absolute atomic E-state index is 0.467. The molecule has 2 rings (SSSR count). The fraction of sp³-hybridized carbons (Fsp3) is 0.833. The lowest BCUT2D eigenvalue weighted by molar-refractivity contribution is 0.0850. The molecule has 0 saturated heterocycles. The molecule has 1 aliphatic carbocycles. The van der Waals surface area contributed by atoms with Crippen LogP contribution in [0.15, 0.2) is 6.07 Å². The van der Waals surface area contributed by atoms with Gasteiger partial charge in [0.2, 0.25) is 0 Å². The van der Waals surface area contributed by atoms with E-state index < -0.39 is 0 Å². The zero-order valence-corrected chi connectivity index (χ0v) is 14.8. The van der Waals surface area contributed by atoms with Crippen LogP contribution in [0.2, 0.25) is 0 Å². The zero-order chi connectivity index (χ0) is 15.7. The van der Waals surface area contributed by atoms with Gasteiger partial charge in [-0.05, 0) is 63.0 Å². The molecule has 120 valence electrons. The van der Waals surface area contributed by atoms with E-state index in [0.29, 0.717) is 16.9 Å². The summed E-state index contributed by atoms with van der Waals surface area (Å²) in [6, 6.07) is 2.82. The van der Waals surface area contributed by atoms with Crippen molar-refractivity contribution in [2.75, 3.05) is 6.54 Å². The Hall–Kier alpha value is -0.830. The smallest absolute Gasteiger partial charge is 0.0596 e. The van der Waals surface area contributed by atoms with Gasteiger partial charge in [-0.15, -0.1) is 0 Å². The van der Waals surface area contributed by atoms with Crippen LogP contribution in [0.4, 0.5) is 0 Å². The zero-order valence-electron chi connectivity index (χ0n) is 14.8. The van der Waals surface area contributed by atoms with Gasteiger partial charge in [0.1, 0.15) is 0 Å². The van der Waals surface area contributed by atoms with Crippen molar-refractivity contribution in [3.8, 4) is 0 Å². The molecule has 1 aliphatic rings. The van der Waals surface area contributed by atoms with E-state index in [9.17, 15) is 0 Å². The molecule has 0 atom stereocenters. The predicted molar refractivity (Wildman–Crippen MR) is 89.5 cm³/mol. The minimum Gasteiger partial charge on any atom is -0.314 e. The summed E-state index contributed by atoms with van der Waals surface area (Å²) < 4.78 is 2.13. The van der Waals surface area contributed by atoms with Crippen LogP contribution in [0.1, 0.15) is 64.8 Å². The summed E-state index contributed by atoms with van der Waals surface area (Å²) in [6.45, 7) is 16.0. The topological polar surface area (TPSA) is 29.9 Å². The van der Waals surface area contributed by atoms with Crippen molar-refractivity contribution >= 4 is 0 Å². The molecule has 1 saturated carbocycles. The monoisotopic (exact) mass is 291 g/mol. The Kier molecular flexibility index (Phi) is 4.82. The average molecular weight is 291 g/mol. The van der Waals surface area contributed by atoms with Gasteiger partial charge in [0.25, 0.3) is 0 Å². The lowest BCUT2D eigenvalue weighted by atomic mass is 9.63. The molecule has 1 aromatic rings. The maximum Gasteiger partial charge on any atom is 0.0596 e. The Morgan fingerprint density at radius 1 is 1.19 bits per heavy atom. The largest absolute Gasteiger partial charge is 0.314 e. The van der Waals surface area contributed by atoms with E-state index in [2.05, 4.69) is 62.7 Å². The van der Waals surface area contributed by atoms with Crippen LogP contribution < -0.4 is 5.32 Å². The van der Waals surface area contributed by atoms with Crippen molar-refractivity contribution in [2.45, 2.75) is 79.8 Å². The molecule has 0 bridgehead atoms. The summed E-state index contributed by atoms with van der Waals surface area (Å²) in [5, 5.41) is 8.32. The highest BCUT2D eigenvalue weighted by atomic mass is 15.3. The number of nitrogens with one attached hydrogen (secondary N) is 1. The predicted octanol–water partition coefficient (Wildman–Crippen LogP) is 4.08. The van der Waals surface area contributed by atoms with Gasteiger partial charge in [-0.1, -0.05) is 27.7 Å². The number of hydrogen-bond acceptors (Lipinski definition) is 2. The molecule has 1 aromatic heterocycles. The molecule has 21 heavy (non-hydrogen) atoms. The third-order valence-electron chi connectivity index (χ3n) is 4.64. The summed E-state index contributed by atoms with van der Waals surface area (Å²) in [5.41, 5.74) is 3.33. The Labute approximate surface area is 130 Å². The second-order valence-corrected chi connectivity index (χ2v) is 8.57. The fourth-order valence-corrected chi connectivity index (χ4v) is 4.43. The second-order valence-electron chi connectivity index (χ2n) is 8.57. The summed E-state index contributed by atoms with van der Waals surface area (Å²) in [6.07, 6.45) is 5.09. The van der Waals surface area contributed by atoms with Crippen LogP contribution in [-0.4, -0.2) is 22.4 Å². The summed E-state index contributed by atoms with van der Waals surface area (Å²) >= 11 is 0. The molecule has 0 radical (unpaired) electrons. The Bertz CT molecular complexity index is 455. The lowest BCUT2D eigenvalue weighted by Gasteiger charge is -2.45. The normalized spacial score (nSPS) is 21.6. The molecular weight excluding hydrogens is 258 g/mol. The van der Waals surface area contributed by atoms with E-state index in [0.717, 1.165) is 25.2 Å². The molecule has 3 heteroatoms. The first-order valence-electron chi connectivity index (χ1n) is 8.41. The van der Waals surface area contributed by atoms with Crippen molar-refractivity contribution < 1.29 is 0 Å². The maximum atomic E-state index is 4.53. The van der Waals surface area contributed by atoms with Gasteiger partial charge in [-0.25, -0.2) is 0 Å². The molecule has 0 spiro atoms. The van der Waals surface area contributed by atoms with E-state index in [1.165, 1.54) is 25.0 Å². The summed E-state index contributed by atoms with van der Waals surface area (Å²) in [5.74, 6) is 0. The van der Waals surface area contributed by atoms with E-state index in [1.807, 2.05) is 0 Å². The third kappa shape index (κ3) is 4.84. The van der Waals surface area contributed by atoms with E-state index >= 15 is 0 Å². The molecule has 1 fully saturated rings. The van der Waals surface area contributed by atoms with E-state index in [1.54, 1.807) is 0 Å². The molecule has 3 nitrogen and oxygen atoms in total. The van der Waals surface area contributed by atoms with Gasteiger partial charge in [0.15, 0.2) is 0 Å². The van der Waals surface area contributed by atoms with Crippen molar-refractivity contribution in [1.82, 2.24) is 15.1 Å². The Balaban J connectivity index is 1.77. The molecule has 1 heterocycles. The van der Waals surface area contributed by atoms with Crippen molar-refractivity contribution in [3.63, 3.8) is 0 Å². The fourth-order valence-electron chi connectivity index (χ4n) is 4.43.